The van der Waals surface area contributed by atoms with Crippen LogP contribution in [0, 0.1) is 11.3 Å². The number of hydrogen-bond donors (Lipinski definition) is 1. The van der Waals surface area contributed by atoms with Crippen molar-refractivity contribution < 1.29 is 4.79 Å². The molecule has 22 heavy (non-hydrogen) atoms. The molecule has 0 spiro atoms. The van der Waals surface area contributed by atoms with Crippen molar-refractivity contribution in [1.29, 1.82) is 5.26 Å². The topological polar surface area (TPSA) is 56.1 Å². The average Bonchev–Trinajstić information content (AvgIpc) is 2.53. The fourth-order valence-electron chi connectivity index (χ4n) is 1.89. The zero-order valence-corrected chi connectivity index (χ0v) is 12.7. The predicted molar refractivity (Wildman–Crippen MR) is 88.8 cm³/mol. The van der Waals surface area contributed by atoms with Crippen molar-refractivity contribution in [3.05, 3.63) is 73.0 Å². The summed E-state index contributed by atoms with van der Waals surface area (Å²) < 4.78 is 0. The summed E-state index contributed by atoms with van der Waals surface area (Å²) in [4.78, 5) is 13.8. The van der Waals surface area contributed by atoms with E-state index in [-0.39, 0.29) is 11.5 Å². The molecule has 0 atom stereocenters. The summed E-state index contributed by atoms with van der Waals surface area (Å²) in [7, 11) is 0. The van der Waals surface area contributed by atoms with Crippen molar-refractivity contribution in [1.82, 2.24) is 10.2 Å². The van der Waals surface area contributed by atoms with E-state index in [2.05, 4.69) is 18.5 Å². The van der Waals surface area contributed by atoms with Gasteiger partial charge >= 0.3 is 0 Å². The molecule has 0 aliphatic rings. The first-order chi connectivity index (χ1) is 10.7. The van der Waals surface area contributed by atoms with Crippen molar-refractivity contribution in [2.75, 3.05) is 19.6 Å². The molecule has 4 nitrogen and oxygen atoms in total. The van der Waals surface area contributed by atoms with Crippen molar-refractivity contribution >= 4 is 5.91 Å². The minimum atomic E-state index is -0.364. The molecule has 0 radical (unpaired) electrons. The molecule has 0 aromatic heterocycles. The van der Waals surface area contributed by atoms with Crippen LogP contribution in [0.25, 0.3) is 0 Å². The number of carbonyl (C=O) groups excluding carboxylic acids is 1. The van der Waals surface area contributed by atoms with Crippen LogP contribution in [0.15, 0.2) is 67.4 Å². The van der Waals surface area contributed by atoms with Gasteiger partial charge in [-0.15, -0.1) is 13.2 Å². The van der Waals surface area contributed by atoms with E-state index in [4.69, 9.17) is 5.26 Å². The number of benzene rings is 1. The van der Waals surface area contributed by atoms with E-state index in [0.717, 1.165) is 12.0 Å². The molecule has 0 saturated heterocycles. The van der Waals surface area contributed by atoms with Gasteiger partial charge in [-0.1, -0.05) is 42.5 Å². The molecule has 1 N–H and O–H groups in total. The predicted octanol–water partition coefficient (Wildman–Crippen LogP) is 2.43. The van der Waals surface area contributed by atoms with Gasteiger partial charge in [-0.3, -0.25) is 4.79 Å². The molecule has 114 valence electrons. The highest BCUT2D eigenvalue weighted by molar-refractivity contribution is 5.97. The lowest BCUT2D eigenvalue weighted by molar-refractivity contribution is -0.117. The van der Waals surface area contributed by atoms with E-state index in [1.807, 2.05) is 36.4 Å². The Morgan fingerprint density at radius 3 is 2.41 bits per heavy atom. The number of carbonyl (C=O) groups is 1. The van der Waals surface area contributed by atoms with Crippen LogP contribution in [0.3, 0.4) is 0 Å². The van der Waals surface area contributed by atoms with E-state index >= 15 is 0 Å². The number of nitrogens with zero attached hydrogens (tertiary/aromatic N) is 2. The number of hydrogen-bond acceptors (Lipinski definition) is 3. The maximum atomic E-state index is 12.0. The van der Waals surface area contributed by atoms with Crippen molar-refractivity contribution in [2.24, 2.45) is 0 Å². The van der Waals surface area contributed by atoms with Gasteiger partial charge < -0.3 is 10.2 Å². The Labute approximate surface area is 132 Å². The third kappa shape index (κ3) is 6.10. The summed E-state index contributed by atoms with van der Waals surface area (Å²) in [6.07, 6.45) is 5.69. The van der Waals surface area contributed by atoms with Gasteiger partial charge in [0.2, 0.25) is 0 Å². The largest absolute Gasteiger partial charge is 0.369 e. The number of rotatable bonds is 9. The van der Waals surface area contributed by atoms with Crippen LogP contribution < -0.4 is 5.32 Å². The first kappa shape index (κ1) is 17.3. The Kier molecular flexibility index (Phi) is 7.84. The SMILES string of the molecule is C=CCN(/C=C(/C#N)C(=O)NCCc1ccccc1)CC=C. The normalized spacial score (nSPS) is 10.4. The summed E-state index contributed by atoms with van der Waals surface area (Å²) in [5.41, 5.74) is 1.22. The van der Waals surface area contributed by atoms with Crippen molar-refractivity contribution in [3.8, 4) is 6.07 Å². The summed E-state index contributed by atoms with van der Waals surface area (Å²) in [6, 6.07) is 11.8. The third-order valence-electron chi connectivity index (χ3n) is 2.95. The Bertz CT molecular complexity index is 560. The van der Waals surface area contributed by atoms with E-state index in [1.165, 1.54) is 0 Å². The van der Waals surface area contributed by atoms with Crippen LogP contribution in [0.5, 0.6) is 0 Å². The van der Waals surface area contributed by atoms with Gasteiger partial charge in [0.25, 0.3) is 5.91 Å². The van der Waals surface area contributed by atoms with E-state index in [1.54, 1.807) is 23.3 Å². The van der Waals surface area contributed by atoms with Crippen LogP contribution in [-0.4, -0.2) is 30.4 Å². The number of nitrogens with one attached hydrogen (secondary N) is 1. The molecule has 1 aromatic rings. The molecule has 0 saturated carbocycles. The summed E-state index contributed by atoms with van der Waals surface area (Å²) >= 11 is 0. The molecule has 0 fully saturated rings. The van der Waals surface area contributed by atoms with Crippen molar-refractivity contribution in [2.45, 2.75) is 6.42 Å². The van der Waals surface area contributed by atoms with E-state index in [0.29, 0.717) is 19.6 Å². The first-order valence-corrected chi connectivity index (χ1v) is 7.11. The molecule has 0 aliphatic heterocycles. The van der Waals surface area contributed by atoms with Gasteiger partial charge in [-0.05, 0) is 12.0 Å². The van der Waals surface area contributed by atoms with Gasteiger partial charge in [0.1, 0.15) is 11.6 Å². The quantitative estimate of drug-likeness (QED) is 0.432. The Balaban J connectivity index is 2.58. The van der Waals surface area contributed by atoms with Crippen LogP contribution >= 0.6 is 0 Å². The maximum absolute atomic E-state index is 12.0. The molecule has 0 bridgehead atoms. The van der Waals surface area contributed by atoms with Gasteiger partial charge in [0.15, 0.2) is 0 Å². The molecular weight excluding hydrogens is 274 g/mol. The fourth-order valence-corrected chi connectivity index (χ4v) is 1.89. The Hall–Kier alpha value is -2.80. The second-order valence-corrected chi connectivity index (χ2v) is 4.68. The monoisotopic (exact) mass is 295 g/mol. The molecule has 1 amide bonds. The summed E-state index contributed by atoms with van der Waals surface area (Å²) in [5.74, 6) is -0.364. The standard InChI is InChI=1S/C18H21N3O/c1-3-12-21(13-4-2)15-17(14-19)18(22)20-11-10-16-8-6-5-7-9-16/h3-9,15H,1-2,10-13H2,(H,20,22)/b17-15-. The number of amides is 1. The average molecular weight is 295 g/mol. The molecule has 0 aliphatic carbocycles. The fraction of sp³-hybridized carbons (Fsp3) is 0.222. The van der Waals surface area contributed by atoms with E-state index in [9.17, 15) is 4.79 Å². The van der Waals surface area contributed by atoms with E-state index < -0.39 is 0 Å². The molecule has 4 heteroatoms. The summed E-state index contributed by atoms with van der Waals surface area (Å²) in [6.45, 7) is 8.90. The third-order valence-corrected chi connectivity index (χ3v) is 2.95. The smallest absolute Gasteiger partial charge is 0.263 e. The van der Waals surface area contributed by atoms with Crippen LogP contribution in [0.1, 0.15) is 5.56 Å². The minimum absolute atomic E-state index is 0.0803. The molecule has 1 aromatic carbocycles. The lowest BCUT2D eigenvalue weighted by atomic mass is 10.1. The van der Waals surface area contributed by atoms with Gasteiger partial charge in [0, 0.05) is 25.8 Å². The zero-order valence-electron chi connectivity index (χ0n) is 12.7. The van der Waals surface area contributed by atoms with Gasteiger partial charge in [-0.2, -0.15) is 5.26 Å². The Morgan fingerprint density at radius 2 is 1.86 bits per heavy atom. The highest BCUT2D eigenvalue weighted by Gasteiger charge is 2.09. The second kappa shape index (κ2) is 10.0. The maximum Gasteiger partial charge on any atom is 0.263 e. The highest BCUT2D eigenvalue weighted by Crippen LogP contribution is 2.01. The summed E-state index contributed by atoms with van der Waals surface area (Å²) in [5, 5.41) is 11.9. The molecule has 0 unspecified atom stereocenters. The molecule has 1 rings (SSSR count). The van der Waals surface area contributed by atoms with Crippen LogP contribution in [0.2, 0.25) is 0 Å². The first-order valence-electron chi connectivity index (χ1n) is 7.11. The zero-order chi connectivity index (χ0) is 16.2. The Morgan fingerprint density at radius 1 is 1.23 bits per heavy atom. The van der Waals surface area contributed by atoms with Gasteiger partial charge in [-0.25, -0.2) is 0 Å². The number of nitriles is 1. The lowest BCUT2D eigenvalue weighted by Crippen LogP contribution is -2.28. The van der Waals surface area contributed by atoms with Crippen LogP contribution in [0.4, 0.5) is 0 Å². The molecular formula is C18H21N3O. The highest BCUT2D eigenvalue weighted by atomic mass is 16.1. The van der Waals surface area contributed by atoms with Crippen molar-refractivity contribution in [3.63, 3.8) is 0 Å². The lowest BCUT2D eigenvalue weighted by Gasteiger charge is -2.16. The van der Waals surface area contributed by atoms with Crippen LogP contribution in [-0.2, 0) is 11.2 Å². The minimum Gasteiger partial charge on any atom is -0.369 e. The van der Waals surface area contributed by atoms with Gasteiger partial charge in [0.05, 0.1) is 0 Å². The second-order valence-electron chi connectivity index (χ2n) is 4.68. The molecule has 0 heterocycles.